The van der Waals surface area contributed by atoms with Crippen LogP contribution in [-0.2, 0) is 17.8 Å². The number of hydrogen-bond acceptors (Lipinski definition) is 3. The van der Waals surface area contributed by atoms with Gasteiger partial charge in [0.15, 0.2) is 0 Å². The Morgan fingerprint density at radius 3 is 2.48 bits per heavy atom. The van der Waals surface area contributed by atoms with E-state index < -0.39 is 5.97 Å². The molecule has 0 aliphatic carbocycles. The van der Waals surface area contributed by atoms with E-state index in [1.54, 1.807) is 0 Å². The zero-order chi connectivity index (χ0) is 18.4. The fourth-order valence-corrected chi connectivity index (χ4v) is 2.83. The van der Waals surface area contributed by atoms with E-state index in [-0.39, 0.29) is 12.6 Å². The van der Waals surface area contributed by atoms with Crippen molar-refractivity contribution in [2.45, 2.75) is 26.0 Å². The molecule has 6 heteroatoms. The second-order valence-electron chi connectivity index (χ2n) is 6.04. The molecule has 0 aliphatic rings. The highest BCUT2D eigenvalue weighted by molar-refractivity contribution is 9.10. The first-order chi connectivity index (χ1) is 11.8. The lowest BCUT2D eigenvalue weighted by Crippen LogP contribution is -2.35. The van der Waals surface area contributed by atoms with Crippen LogP contribution in [0.2, 0.25) is 5.02 Å². The fourth-order valence-electron chi connectivity index (χ4n) is 2.38. The normalized spacial score (nSPS) is 12.2. The van der Waals surface area contributed by atoms with Crippen molar-refractivity contribution in [3.63, 3.8) is 0 Å². The Morgan fingerprint density at radius 2 is 1.88 bits per heavy atom. The number of carbonyl (C=O) groups is 1. The molecule has 0 fully saturated rings. The maximum absolute atomic E-state index is 10.8. The smallest absolute Gasteiger partial charge is 0.317 e. The van der Waals surface area contributed by atoms with Crippen LogP contribution in [-0.4, -0.2) is 35.6 Å². The van der Waals surface area contributed by atoms with E-state index in [0.717, 1.165) is 27.8 Å². The fraction of sp³-hybridized carbons (Fsp3) is 0.316. The predicted molar refractivity (Wildman–Crippen MR) is 103 cm³/mol. The molecule has 0 spiro atoms. The quantitative estimate of drug-likeness (QED) is 0.669. The molecule has 0 bridgehead atoms. The maximum Gasteiger partial charge on any atom is 0.317 e. The first-order valence-corrected chi connectivity index (χ1v) is 9.10. The van der Waals surface area contributed by atoms with Crippen LogP contribution in [0, 0.1) is 0 Å². The Hall–Kier alpha value is -1.56. The average molecular weight is 427 g/mol. The molecular weight excluding hydrogens is 406 g/mol. The number of rotatable bonds is 8. The van der Waals surface area contributed by atoms with Crippen LogP contribution < -0.4 is 4.74 Å². The van der Waals surface area contributed by atoms with Gasteiger partial charge in [0.2, 0.25) is 0 Å². The largest absolute Gasteiger partial charge is 0.489 e. The van der Waals surface area contributed by atoms with Gasteiger partial charge in [0.05, 0.1) is 11.6 Å². The topological polar surface area (TPSA) is 49.8 Å². The molecule has 134 valence electrons. The van der Waals surface area contributed by atoms with Gasteiger partial charge in [-0.25, -0.2) is 0 Å². The number of benzene rings is 2. The first kappa shape index (κ1) is 19.8. The molecular formula is C19H21BrClNO3. The zero-order valence-electron chi connectivity index (χ0n) is 14.2. The molecule has 0 saturated carbocycles. The van der Waals surface area contributed by atoms with Crippen molar-refractivity contribution in [3.05, 3.63) is 63.1 Å². The van der Waals surface area contributed by atoms with Crippen molar-refractivity contribution in [3.8, 4) is 5.75 Å². The Bertz CT molecular complexity index is 721. The number of carboxylic acids is 1. The molecule has 1 atom stereocenters. The number of ether oxygens (including phenoxy) is 1. The predicted octanol–water partition coefficient (Wildman–Crippen LogP) is 4.63. The molecule has 2 rings (SSSR count). The van der Waals surface area contributed by atoms with E-state index in [4.69, 9.17) is 21.4 Å². The molecule has 0 saturated heterocycles. The lowest BCUT2D eigenvalue weighted by molar-refractivity contribution is -0.138. The van der Waals surface area contributed by atoms with Gasteiger partial charge in [0.1, 0.15) is 12.4 Å². The first-order valence-electron chi connectivity index (χ1n) is 7.93. The number of likely N-dealkylation sites (N-methyl/N-ethyl adjacent to an activating group) is 1. The molecule has 0 amide bonds. The van der Waals surface area contributed by atoms with E-state index in [0.29, 0.717) is 11.6 Å². The minimum atomic E-state index is -0.814. The third-order valence-electron chi connectivity index (χ3n) is 3.98. The molecule has 1 N–H and O–H groups in total. The molecule has 2 aromatic carbocycles. The van der Waals surface area contributed by atoms with Gasteiger partial charge in [-0.15, -0.1) is 0 Å². The standard InChI is InChI=1S/C19H21BrClNO3/c1-13(22(2)11-19(23)24)9-14-3-6-16(7-4-14)25-12-15-5-8-17(20)18(21)10-15/h3-8,10,13H,9,11-12H2,1-2H3,(H,23,24). The maximum atomic E-state index is 10.8. The minimum absolute atomic E-state index is 0.0398. The summed E-state index contributed by atoms with van der Waals surface area (Å²) in [6, 6.07) is 13.8. The van der Waals surface area contributed by atoms with E-state index in [9.17, 15) is 4.79 Å². The highest BCUT2D eigenvalue weighted by Gasteiger charge is 2.12. The molecule has 25 heavy (non-hydrogen) atoms. The summed E-state index contributed by atoms with van der Waals surface area (Å²) in [5, 5.41) is 9.51. The number of hydrogen-bond donors (Lipinski definition) is 1. The minimum Gasteiger partial charge on any atom is -0.489 e. The van der Waals surface area contributed by atoms with E-state index in [1.165, 1.54) is 0 Å². The highest BCUT2D eigenvalue weighted by Crippen LogP contribution is 2.24. The number of nitrogens with zero attached hydrogens (tertiary/aromatic N) is 1. The van der Waals surface area contributed by atoms with Gasteiger partial charge in [-0.2, -0.15) is 0 Å². The summed E-state index contributed by atoms with van der Waals surface area (Å²) >= 11 is 9.45. The summed E-state index contributed by atoms with van der Waals surface area (Å²) in [7, 11) is 1.82. The third-order valence-corrected chi connectivity index (χ3v) is 5.21. The van der Waals surface area contributed by atoms with Gasteiger partial charge >= 0.3 is 5.97 Å². The molecule has 0 heterocycles. The van der Waals surface area contributed by atoms with Crippen LogP contribution in [0.1, 0.15) is 18.1 Å². The summed E-state index contributed by atoms with van der Waals surface area (Å²) in [5.74, 6) is -0.0273. The molecule has 0 aliphatic heterocycles. The Labute approximate surface area is 161 Å². The van der Waals surface area contributed by atoms with E-state index in [2.05, 4.69) is 15.9 Å². The summed E-state index contributed by atoms with van der Waals surface area (Å²) in [6.45, 7) is 2.51. The van der Waals surface area contributed by atoms with Crippen LogP contribution in [0.5, 0.6) is 5.75 Å². The van der Waals surface area contributed by atoms with Gasteiger partial charge in [0, 0.05) is 10.5 Å². The highest BCUT2D eigenvalue weighted by atomic mass is 79.9. The lowest BCUT2D eigenvalue weighted by atomic mass is 10.1. The van der Waals surface area contributed by atoms with E-state index >= 15 is 0 Å². The van der Waals surface area contributed by atoms with Crippen molar-refractivity contribution in [2.24, 2.45) is 0 Å². The number of aliphatic carboxylic acids is 1. The Kier molecular flexibility index (Phi) is 7.29. The van der Waals surface area contributed by atoms with Crippen LogP contribution >= 0.6 is 27.5 Å². The average Bonchev–Trinajstić information content (AvgIpc) is 2.56. The van der Waals surface area contributed by atoms with Gasteiger partial charge in [0.25, 0.3) is 0 Å². The summed E-state index contributed by atoms with van der Waals surface area (Å²) in [6.07, 6.45) is 0.784. The monoisotopic (exact) mass is 425 g/mol. The van der Waals surface area contributed by atoms with Gasteiger partial charge in [-0.3, -0.25) is 9.69 Å². The molecule has 2 aromatic rings. The summed E-state index contributed by atoms with van der Waals surface area (Å²) in [5.41, 5.74) is 2.14. The van der Waals surface area contributed by atoms with Crippen LogP contribution in [0.15, 0.2) is 46.9 Å². The number of halogens is 2. The van der Waals surface area contributed by atoms with Crippen molar-refractivity contribution in [2.75, 3.05) is 13.6 Å². The Balaban J connectivity index is 1.88. The molecule has 1 unspecified atom stereocenters. The van der Waals surface area contributed by atoms with Gasteiger partial charge < -0.3 is 9.84 Å². The Morgan fingerprint density at radius 1 is 1.24 bits per heavy atom. The van der Waals surface area contributed by atoms with E-state index in [1.807, 2.05) is 61.3 Å². The molecule has 4 nitrogen and oxygen atoms in total. The second kappa shape index (κ2) is 9.22. The van der Waals surface area contributed by atoms with Gasteiger partial charge in [-0.05, 0) is 71.7 Å². The number of carboxylic acid groups (broad SMARTS) is 1. The van der Waals surface area contributed by atoms with Gasteiger partial charge in [-0.1, -0.05) is 29.8 Å². The van der Waals surface area contributed by atoms with Crippen molar-refractivity contribution < 1.29 is 14.6 Å². The molecule has 0 radical (unpaired) electrons. The van der Waals surface area contributed by atoms with Crippen molar-refractivity contribution >= 4 is 33.5 Å². The zero-order valence-corrected chi connectivity index (χ0v) is 16.5. The van der Waals surface area contributed by atoms with Crippen LogP contribution in [0.4, 0.5) is 0 Å². The van der Waals surface area contributed by atoms with Crippen molar-refractivity contribution in [1.29, 1.82) is 0 Å². The second-order valence-corrected chi connectivity index (χ2v) is 7.30. The van der Waals surface area contributed by atoms with Crippen LogP contribution in [0.25, 0.3) is 0 Å². The van der Waals surface area contributed by atoms with Crippen molar-refractivity contribution in [1.82, 2.24) is 4.90 Å². The molecule has 0 aromatic heterocycles. The SMILES string of the molecule is CC(Cc1ccc(OCc2ccc(Br)c(Cl)c2)cc1)N(C)CC(=O)O. The third kappa shape index (κ3) is 6.34. The van der Waals surface area contributed by atoms with Crippen LogP contribution in [0.3, 0.4) is 0 Å². The summed E-state index contributed by atoms with van der Waals surface area (Å²) < 4.78 is 6.65. The lowest BCUT2D eigenvalue weighted by Gasteiger charge is -2.22. The summed E-state index contributed by atoms with van der Waals surface area (Å²) in [4.78, 5) is 12.6.